The van der Waals surface area contributed by atoms with Gasteiger partial charge in [0.05, 0.1) is 0 Å². The first-order valence-electron chi connectivity index (χ1n) is 7.31. The van der Waals surface area contributed by atoms with E-state index in [1.807, 2.05) is 49.5 Å². The molecule has 0 aliphatic carbocycles. The molecule has 1 aromatic heterocycles. The second-order valence-corrected chi connectivity index (χ2v) is 5.69. The lowest BCUT2D eigenvalue weighted by molar-refractivity contribution is 0.0976. The maximum atomic E-state index is 12.4. The summed E-state index contributed by atoms with van der Waals surface area (Å²) < 4.78 is 0. The summed E-state index contributed by atoms with van der Waals surface area (Å²) in [7, 11) is 0. The van der Waals surface area contributed by atoms with Gasteiger partial charge in [-0.25, -0.2) is 0 Å². The van der Waals surface area contributed by atoms with Gasteiger partial charge >= 0.3 is 0 Å². The predicted molar refractivity (Wildman–Crippen MR) is 86.8 cm³/mol. The first-order chi connectivity index (χ1) is 10.1. The number of aromatic nitrogens is 1. The number of aryl methyl sites for hydroxylation is 1. The molecule has 0 saturated carbocycles. The summed E-state index contributed by atoms with van der Waals surface area (Å²) >= 11 is 0. The van der Waals surface area contributed by atoms with E-state index in [4.69, 9.17) is 0 Å². The fraction of sp³-hybridized carbons (Fsp3) is 0.211. The van der Waals surface area contributed by atoms with Gasteiger partial charge in [-0.05, 0) is 30.5 Å². The number of ketones is 1. The number of rotatable bonds is 4. The Hall–Kier alpha value is -2.35. The lowest BCUT2D eigenvalue weighted by atomic mass is 9.92. The van der Waals surface area contributed by atoms with E-state index in [2.05, 4.69) is 24.0 Å². The molecular formula is C19H19NO. The van der Waals surface area contributed by atoms with Gasteiger partial charge in [0.25, 0.3) is 0 Å². The summed E-state index contributed by atoms with van der Waals surface area (Å²) in [5.41, 5.74) is 4.27. The molecule has 0 bridgehead atoms. The highest BCUT2D eigenvalue weighted by molar-refractivity contribution is 5.97. The van der Waals surface area contributed by atoms with Gasteiger partial charge in [-0.1, -0.05) is 48.9 Å². The van der Waals surface area contributed by atoms with E-state index in [0.717, 1.165) is 16.6 Å². The summed E-state index contributed by atoms with van der Waals surface area (Å²) in [5.74, 6) is 0.408. The molecule has 106 valence electrons. The second kappa shape index (κ2) is 5.57. The van der Waals surface area contributed by atoms with E-state index in [0.29, 0.717) is 6.42 Å². The zero-order valence-corrected chi connectivity index (χ0v) is 12.4. The summed E-state index contributed by atoms with van der Waals surface area (Å²) in [4.78, 5) is 15.7. The first kappa shape index (κ1) is 13.6. The lowest BCUT2D eigenvalue weighted by Crippen LogP contribution is -2.05. The van der Waals surface area contributed by atoms with Crippen LogP contribution in [0.2, 0.25) is 0 Å². The molecule has 0 unspecified atom stereocenters. The van der Waals surface area contributed by atoms with Crippen molar-refractivity contribution in [2.45, 2.75) is 26.2 Å². The highest BCUT2D eigenvalue weighted by Crippen LogP contribution is 2.28. The Labute approximate surface area is 124 Å². The summed E-state index contributed by atoms with van der Waals surface area (Å²) in [6.07, 6.45) is 2.56. The third-order valence-corrected chi connectivity index (χ3v) is 3.98. The molecule has 3 aromatic rings. The van der Waals surface area contributed by atoms with Crippen LogP contribution in [-0.2, 0) is 0 Å². The smallest absolute Gasteiger partial charge is 0.163 e. The zero-order valence-electron chi connectivity index (χ0n) is 12.4. The van der Waals surface area contributed by atoms with Gasteiger partial charge in [-0.15, -0.1) is 0 Å². The number of fused-ring (bicyclic) bond motifs is 1. The second-order valence-electron chi connectivity index (χ2n) is 5.69. The molecule has 2 nitrogen and oxygen atoms in total. The average molecular weight is 277 g/mol. The van der Waals surface area contributed by atoms with Crippen LogP contribution in [0.15, 0.2) is 54.7 Å². The van der Waals surface area contributed by atoms with Crippen molar-refractivity contribution >= 4 is 16.7 Å². The first-order valence-corrected chi connectivity index (χ1v) is 7.31. The third-order valence-electron chi connectivity index (χ3n) is 3.98. The number of nitrogens with one attached hydrogen (secondary N) is 1. The van der Waals surface area contributed by atoms with Crippen LogP contribution in [-0.4, -0.2) is 10.8 Å². The van der Waals surface area contributed by atoms with Gasteiger partial charge in [0.2, 0.25) is 0 Å². The van der Waals surface area contributed by atoms with Gasteiger partial charge in [0.1, 0.15) is 0 Å². The van der Waals surface area contributed by atoms with Crippen molar-refractivity contribution in [2.75, 3.05) is 0 Å². The highest BCUT2D eigenvalue weighted by Gasteiger charge is 2.16. The minimum Gasteiger partial charge on any atom is -0.361 e. The van der Waals surface area contributed by atoms with Gasteiger partial charge in [0.15, 0.2) is 5.78 Å². The molecule has 0 radical (unpaired) electrons. The molecule has 2 heteroatoms. The molecule has 1 N–H and O–H groups in total. The van der Waals surface area contributed by atoms with Crippen LogP contribution in [0, 0.1) is 6.92 Å². The van der Waals surface area contributed by atoms with Crippen LogP contribution in [0.1, 0.15) is 40.7 Å². The highest BCUT2D eigenvalue weighted by atomic mass is 16.1. The Bertz CT molecular complexity index is 785. The van der Waals surface area contributed by atoms with Crippen molar-refractivity contribution in [2.24, 2.45) is 0 Å². The molecule has 0 spiro atoms. The topological polar surface area (TPSA) is 32.9 Å². The van der Waals surface area contributed by atoms with E-state index < -0.39 is 0 Å². The SMILES string of the molecule is Cc1cccc(C(=O)C[C@@H](C)c2c[nH]c3ccccc23)c1. The Morgan fingerprint density at radius 2 is 1.95 bits per heavy atom. The van der Waals surface area contributed by atoms with Crippen molar-refractivity contribution in [1.82, 2.24) is 4.98 Å². The maximum absolute atomic E-state index is 12.4. The summed E-state index contributed by atoms with van der Waals surface area (Å²) in [5, 5.41) is 1.21. The molecule has 0 fully saturated rings. The minimum atomic E-state index is 0.203. The number of carbonyl (C=O) groups is 1. The van der Waals surface area contributed by atoms with Crippen molar-refractivity contribution in [3.8, 4) is 0 Å². The van der Waals surface area contributed by atoms with E-state index in [1.54, 1.807) is 0 Å². The standard InChI is InChI=1S/C19H19NO/c1-13-6-5-7-15(10-13)19(21)11-14(2)17-12-20-18-9-4-3-8-16(17)18/h3-10,12,14,20H,11H2,1-2H3/t14-/m1/s1. The number of benzene rings is 2. The Kier molecular flexibility index (Phi) is 3.61. The number of carbonyl (C=O) groups excluding carboxylic acids is 1. The van der Waals surface area contributed by atoms with E-state index in [9.17, 15) is 4.79 Å². The van der Waals surface area contributed by atoms with Gasteiger partial charge in [-0.2, -0.15) is 0 Å². The average Bonchev–Trinajstić information content (AvgIpc) is 2.91. The number of aromatic amines is 1. The van der Waals surface area contributed by atoms with Crippen LogP contribution in [0.4, 0.5) is 0 Å². The normalized spacial score (nSPS) is 12.5. The third kappa shape index (κ3) is 2.75. The van der Waals surface area contributed by atoms with E-state index in [-0.39, 0.29) is 11.7 Å². The lowest BCUT2D eigenvalue weighted by Gasteiger charge is -2.10. The van der Waals surface area contributed by atoms with Crippen LogP contribution >= 0.6 is 0 Å². The van der Waals surface area contributed by atoms with Crippen molar-refractivity contribution in [3.63, 3.8) is 0 Å². The van der Waals surface area contributed by atoms with Crippen molar-refractivity contribution in [1.29, 1.82) is 0 Å². The largest absolute Gasteiger partial charge is 0.361 e. The molecule has 0 aliphatic rings. The number of H-pyrrole nitrogens is 1. The quantitative estimate of drug-likeness (QED) is 0.679. The molecule has 0 saturated heterocycles. The molecule has 0 amide bonds. The molecule has 2 aromatic carbocycles. The molecule has 21 heavy (non-hydrogen) atoms. The summed E-state index contributed by atoms with van der Waals surface area (Å²) in [6, 6.07) is 16.0. The number of Topliss-reactive ketones (excluding diaryl/α,β-unsaturated/α-hetero) is 1. The Balaban J connectivity index is 1.83. The van der Waals surface area contributed by atoms with Crippen LogP contribution in [0.3, 0.4) is 0 Å². The number of hydrogen-bond donors (Lipinski definition) is 1. The molecular weight excluding hydrogens is 258 g/mol. The fourth-order valence-electron chi connectivity index (χ4n) is 2.83. The van der Waals surface area contributed by atoms with Crippen LogP contribution in [0.25, 0.3) is 10.9 Å². The van der Waals surface area contributed by atoms with Gasteiger partial charge in [-0.3, -0.25) is 4.79 Å². The Morgan fingerprint density at radius 3 is 2.76 bits per heavy atom. The van der Waals surface area contributed by atoms with Crippen molar-refractivity contribution in [3.05, 3.63) is 71.4 Å². The Morgan fingerprint density at radius 1 is 1.14 bits per heavy atom. The van der Waals surface area contributed by atoms with Crippen LogP contribution < -0.4 is 0 Å². The zero-order chi connectivity index (χ0) is 14.8. The monoisotopic (exact) mass is 277 g/mol. The predicted octanol–water partition coefficient (Wildman–Crippen LogP) is 4.85. The summed E-state index contributed by atoms with van der Waals surface area (Å²) in [6.45, 7) is 4.13. The molecule has 0 aliphatic heterocycles. The van der Waals surface area contributed by atoms with Gasteiger partial charge < -0.3 is 4.98 Å². The molecule has 3 rings (SSSR count). The molecule has 1 atom stereocenters. The molecule has 1 heterocycles. The van der Waals surface area contributed by atoms with E-state index >= 15 is 0 Å². The van der Waals surface area contributed by atoms with E-state index in [1.165, 1.54) is 10.9 Å². The maximum Gasteiger partial charge on any atom is 0.163 e. The van der Waals surface area contributed by atoms with Crippen LogP contribution in [0.5, 0.6) is 0 Å². The minimum absolute atomic E-state index is 0.203. The van der Waals surface area contributed by atoms with Gasteiger partial charge in [0, 0.05) is 29.1 Å². The fourth-order valence-corrected chi connectivity index (χ4v) is 2.83. The number of hydrogen-bond acceptors (Lipinski definition) is 1. The van der Waals surface area contributed by atoms with Crippen molar-refractivity contribution < 1.29 is 4.79 Å². The number of para-hydroxylation sites is 1.